The van der Waals surface area contributed by atoms with Gasteiger partial charge in [0.15, 0.2) is 0 Å². The van der Waals surface area contributed by atoms with Gasteiger partial charge in [-0.05, 0) is 50.2 Å². The molecule has 134 valence electrons. The summed E-state index contributed by atoms with van der Waals surface area (Å²) in [6, 6.07) is 12.7. The average Bonchev–Trinajstić information content (AvgIpc) is 3.29. The van der Waals surface area contributed by atoms with E-state index in [2.05, 4.69) is 75.8 Å². The number of pyridine rings is 1. The molecular formula is C21H25N5. The van der Waals surface area contributed by atoms with Crippen LogP contribution in [0, 0.1) is 6.92 Å². The minimum absolute atomic E-state index is 0.523. The van der Waals surface area contributed by atoms with Gasteiger partial charge in [0.05, 0.1) is 6.20 Å². The highest BCUT2D eigenvalue weighted by Crippen LogP contribution is 2.33. The largest absolute Gasteiger partial charge is 0.366 e. The van der Waals surface area contributed by atoms with Gasteiger partial charge in [-0.1, -0.05) is 29.8 Å². The number of aryl methyl sites for hydroxylation is 1. The number of likely N-dealkylation sites (N-methyl/N-ethyl adjacent to an activating group) is 1. The van der Waals surface area contributed by atoms with Crippen molar-refractivity contribution in [2.45, 2.75) is 25.8 Å². The van der Waals surface area contributed by atoms with Crippen molar-refractivity contribution in [3.63, 3.8) is 0 Å². The molecule has 1 aliphatic heterocycles. The van der Waals surface area contributed by atoms with Crippen LogP contribution in [0.4, 0.5) is 5.82 Å². The Bertz CT molecular complexity index is 885. The quantitative estimate of drug-likeness (QED) is 0.737. The van der Waals surface area contributed by atoms with Crippen molar-refractivity contribution in [1.82, 2.24) is 20.1 Å². The molecule has 2 N–H and O–H groups in total. The number of benzene rings is 1. The van der Waals surface area contributed by atoms with Crippen LogP contribution in [0.2, 0.25) is 0 Å². The first-order chi connectivity index (χ1) is 12.7. The molecule has 4 rings (SSSR count). The molecule has 1 aromatic carbocycles. The summed E-state index contributed by atoms with van der Waals surface area (Å²) in [5.74, 6) is 1.41. The third-order valence-corrected chi connectivity index (χ3v) is 5.10. The maximum Gasteiger partial charge on any atom is 0.126 e. The van der Waals surface area contributed by atoms with E-state index >= 15 is 0 Å². The predicted molar refractivity (Wildman–Crippen MR) is 105 cm³/mol. The van der Waals surface area contributed by atoms with E-state index in [0.717, 1.165) is 31.0 Å². The molecule has 3 heterocycles. The highest BCUT2D eigenvalue weighted by molar-refractivity contribution is 5.68. The van der Waals surface area contributed by atoms with Gasteiger partial charge in [-0.25, -0.2) is 4.98 Å². The topological polar surface area (TPSA) is 56.8 Å². The molecule has 0 spiro atoms. The van der Waals surface area contributed by atoms with E-state index < -0.39 is 0 Å². The fraction of sp³-hybridized carbons (Fsp3) is 0.333. The number of anilines is 1. The van der Waals surface area contributed by atoms with Crippen LogP contribution in [-0.4, -0.2) is 40.2 Å². The maximum absolute atomic E-state index is 4.48. The maximum atomic E-state index is 4.48. The van der Waals surface area contributed by atoms with E-state index in [9.17, 15) is 0 Å². The second kappa shape index (κ2) is 7.30. The highest BCUT2D eigenvalue weighted by atomic mass is 15.1. The Morgan fingerprint density at radius 1 is 1.27 bits per heavy atom. The Morgan fingerprint density at radius 3 is 3.00 bits per heavy atom. The zero-order valence-corrected chi connectivity index (χ0v) is 15.4. The third kappa shape index (κ3) is 3.63. The first-order valence-corrected chi connectivity index (χ1v) is 9.16. The number of nitrogens with one attached hydrogen (secondary N) is 2. The van der Waals surface area contributed by atoms with E-state index in [1.165, 1.54) is 28.8 Å². The number of H-pyrrole nitrogens is 1. The fourth-order valence-electron chi connectivity index (χ4n) is 3.72. The molecule has 0 unspecified atom stereocenters. The number of aromatic nitrogens is 3. The number of rotatable bonds is 5. The van der Waals surface area contributed by atoms with Gasteiger partial charge in [0.25, 0.3) is 0 Å². The van der Waals surface area contributed by atoms with E-state index in [1.54, 1.807) is 0 Å². The van der Waals surface area contributed by atoms with E-state index in [1.807, 2.05) is 12.4 Å². The highest BCUT2D eigenvalue weighted by Gasteiger charge is 2.25. The van der Waals surface area contributed by atoms with Gasteiger partial charge in [-0.15, -0.1) is 0 Å². The number of nitrogens with zero attached hydrogens (tertiary/aromatic N) is 3. The molecule has 0 saturated carbocycles. The van der Waals surface area contributed by atoms with Crippen LogP contribution in [0.15, 0.2) is 48.8 Å². The van der Waals surface area contributed by atoms with E-state index in [0.29, 0.717) is 5.92 Å². The first-order valence-electron chi connectivity index (χ1n) is 9.16. The van der Waals surface area contributed by atoms with Crippen molar-refractivity contribution < 1.29 is 0 Å². The van der Waals surface area contributed by atoms with Crippen molar-refractivity contribution in [1.29, 1.82) is 0 Å². The van der Waals surface area contributed by atoms with Crippen LogP contribution in [0.1, 0.15) is 29.2 Å². The van der Waals surface area contributed by atoms with Crippen LogP contribution in [-0.2, 0) is 6.54 Å². The lowest BCUT2D eigenvalue weighted by atomic mass is 9.97. The lowest BCUT2D eigenvalue weighted by molar-refractivity contribution is 0.411. The summed E-state index contributed by atoms with van der Waals surface area (Å²) in [4.78, 5) is 6.85. The summed E-state index contributed by atoms with van der Waals surface area (Å²) < 4.78 is 0. The lowest BCUT2D eigenvalue weighted by Crippen LogP contribution is -2.13. The van der Waals surface area contributed by atoms with Gasteiger partial charge in [-0.3, -0.25) is 5.10 Å². The standard InChI is InChI=1S/C21H25N5/c1-15-4-3-5-16(10-15)12-23-20-11-17(6-8-22-20)19-13-24-25-21(19)18-7-9-26(2)14-18/h3-6,8,10-11,13,18H,7,9,12,14H2,1-2H3,(H,22,23)(H,24,25)/t18-/m0/s1. The van der Waals surface area contributed by atoms with Crippen LogP contribution >= 0.6 is 0 Å². The molecule has 1 aliphatic rings. The molecule has 3 aromatic rings. The molecule has 5 heteroatoms. The Balaban J connectivity index is 1.52. The molecule has 0 radical (unpaired) electrons. The Hall–Kier alpha value is -2.66. The van der Waals surface area contributed by atoms with Crippen LogP contribution < -0.4 is 5.32 Å². The molecule has 2 aromatic heterocycles. The summed E-state index contributed by atoms with van der Waals surface area (Å²) in [7, 11) is 2.18. The van der Waals surface area contributed by atoms with Gasteiger partial charge < -0.3 is 10.2 Å². The van der Waals surface area contributed by atoms with Crippen molar-refractivity contribution in [3.05, 3.63) is 65.6 Å². The zero-order chi connectivity index (χ0) is 17.9. The first kappa shape index (κ1) is 16.8. The summed E-state index contributed by atoms with van der Waals surface area (Å²) in [6.45, 7) is 5.11. The van der Waals surface area contributed by atoms with Crippen molar-refractivity contribution in [2.75, 3.05) is 25.5 Å². The number of aromatic amines is 1. The monoisotopic (exact) mass is 347 g/mol. The molecule has 0 amide bonds. The van der Waals surface area contributed by atoms with E-state index in [-0.39, 0.29) is 0 Å². The number of hydrogen-bond donors (Lipinski definition) is 2. The zero-order valence-electron chi connectivity index (χ0n) is 15.4. The predicted octanol–water partition coefficient (Wildman–Crippen LogP) is 3.81. The molecule has 1 atom stereocenters. The van der Waals surface area contributed by atoms with Crippen LogP contribution in [0.5, 0.6) is 0 Å². The number of likely N-dealkylation sites (tertiary alicyclic amines) is 1. The van der Waals surface area contributed by atoms with Crippen LogP contribution in [0.25, 0.3) is 11.1 Å². The minimum Gasteiger partial charge on any atom is -0.366 e. The summed E-state index contributed by atoms with van der Waals surface area (Å²) in [6.07, 6.45) is 4.98. The van der Waals surface area contributed by atoms with E-state index in [4.69, 9.17) is 0 Å². The summed E-state index contributed by atoms with van der Waals surface area (Å²) in [5.41, 5.74) is 6.12. The molecule has 1 fully saturated rings. The second-order valence-corrected chi connectivity index (χ2v) is 7.22. The molecule has 0 bridgehead atoms. The van der Waals surface area contributed by atoms with Gasteiger partial charge in [0, 0.05) is 36.5 Å². The fourth-order valence-corrected chi connectivity index (χ4v) is 3.72. The summed E-state index contributed by atoms with van der Waals surface area (Å²) >= 11 is 0. The Kier molecular flexibility index (Phi) is 4.71. The second-order valence-electron chi connectivity index (χ2n) is 7.22. The van der Waals surface area contributed by atoms with Gasteiger partial charge in [-0.2, -0.15) is 5.10 Å². The minimum atomic E-state index is 0.523. The summed E-state index contributed by atoms with van der Waals surface area (Å²) in [5, 5.41) is 11.0. The lowest BCUT2D eigenvalue weighted by Gasteiger charge is -2.12. The third-order valence-electron chi connectivity index (χ3n) is 5.10. The Labute approximate surface area is 154 Å². The average molecular weight is 347 g/mol. The van der Waals surface area contributed by atoms with Gasteiger partial charge >= 0.3 is 0 Å². The molecular weight excluding hydrogens is 322 g/mol. The Morgan fingerprint density at radius 2 is 2.19 bits per heavy atom. The molecule has 1 saturated heterocycles. The van der Waals surface area contributed by atoms with Gasteiger partial charge in [0.2, 0.25) is 0 Å². The molecule has 0 aliphatic carbocycles. The number of hydrogen-bond acceptors (Lipinski definition) is 4. The molecule has 26 heavy (non-hydrogen) atoms. The molecule has 5 nitrogen and oxygen atoms in total. The SMILES string of the molecule is Cc1cccc(CNc2cc(-c3cn[nH]c3[C@H]3CCN(C)C3)ccn2)c1. The smallest absolute Gasteiger partial charge is 0.126 e. The van der Waals surface area contributed by atoms with Crippen LogP contribution in [0.3, 0.4) is 0 Å². The van der Waals surface area contributed by atoms with Crippen molar-refractivity contribution >= 4 is 5.82 Å². The van der Waals surface area contributed by atoms with Crippen molar-refractivity contribution in [3.8, 4) is 11.1 Å². The van der Waals surface area contributed by atoms with Gasteiger partial charge in [0.1, 0.15) is 5.82 Å². The normalized spacial score (nSPS) is 17.5. The van der Waals surface area contributed by atoms with Crippen molar-refractivity contribution in [2.24, 2.45) is 0 Å².